The van der Waals surface area contributed by atoms with Gasteiger partial charge in [0, 0.05) is 26.2 Å². The lowest BCUT2D eigenvalue weighted by atomic mass is 10.1. The molecular weight excluding hydrogens is 308 g/mol. The number of carbonyl (C=O) groups excluding carboxylic acids is 3. The highest BCUT2D eigenvalue weighted by molar-refractivity contribution is 6.40. The Morgan fingerprint density at radius 2 is 1.75 bits per heavy atom. The Balaban J connectivity index is 2.00. The van der Waals surface area contributed by atoms with Gasteiger partial charge < -0.3 is 20.4 Å². The van der Waals surface area contributed by atoms with Crippen LogP contribution >= 0.6 is 0 Å². The van der Waals surface area contributed by atoms with Crippen LogP contribution in [0.25, 0.3) is 0 Å². The molecule has 0 unspecified atom stereocenters. The molecule has 0 radical (unpaired) electrons. The van der Waals surface area contributed by atoms with Crippen LogP contribution in [0.2, 0.25) is 0 Å². The van der Waals surface area contributed by atoms with E-state index in [9.17, 15) is 14.4 Å². The number of benzene rings is 1. The first-order valence-corrected chi connectivity index (χ1v) is 8.11. The summed E-state index contributed by atoms with van der Waals surface area (Å²) in [6, 6.07) is 6.77. The normalized spacial score (nSPS) is 13.9. The third kappa shape index (κ3) is 4.79. The molecular formula is C17H24N4O3. The predicted octanol–water partition coefficient (Wildman–Crippen LogP) is 0.539. The van der Waals surface area contributed by atoms with Gasteiger partial charge in [-0.25, -0.2) is 0 Å². The van der Waals surface area contributed by atoms with Crippen LogP contribution in [-0.4, -0.2) is 67.8 Å². The van der Waals surface area contributed by atoms with Gasteiger partial charge in [-0.3, -0.25) is 14.4 Å². The number of nitrogens with zero attached hydrogens (tertiary/aromatic N) is 2. The van der Waals surface area contributed by atoms with Gasteiger partial charge in [-0.05, 0) is 39.1 Å². The molecule has 7 heteroatoms. The maximum Gasteiger partial charge on any atom is 0.313 e. The van der Waals surface area contributed by atoms with E-state index < -0.39 is 11.8 Å². The van der Waals surface area contributed by atoms with E-state index in [2.05, 4.69) is 10.6 Å². The van der Waals surface area contributed by atoms with E-state index in [1.807, 2.05) is 19.0 Å². The highest BCUT2D eigenvalue weighted by Gasteiger charge is 2.23. The zero-order valence-electron chi connectivity index (χ0n) is 14.2. The van der Waals surface area contributed by atoms with Crippen LogP contribution in [0.4, 0.5) is 5.69 Å². The van der Waals surface area contributed by atoms with Crippen LogP contribution in [0.15, 0.2) is 24.3 Å². The molecule has 130 valence electrons. The number of amides is 3. The smallest absolute Gasteiger partial charge is 0.313 e. The predicted molar refractivity (Wildman–Crippen MR) is 91.8 cm³/mol. The van der Waals surface area contributed by atoms with Crippen molar-refractivity contribution < 1.29 is 14.4 Å². The highest BCUT2D eigenvalue weighted by Crippen LogP contribution is 2.20. The molecule has 1 aromatic carbocycles. The van der Waals surface area contributed by atoms with Crippen LogP contribution < -0.4 is 10.6 Å². The summed E-state index contributed by atoms with van der Waals surface area (Å²) in [5.41, 5.74) is 0.774. The summed E-state index contributed by atoms with van der Waals surface area (Å²) in [6.45, 7) is 2.48. The van der Waals surface area contributed by atoms with Crippen LogP contribution in [0.3, 0.4) is 0 Å². The molecule has 1 aliphatic heterocycles. The topological polar surface area (TPSA) is 81.8 Å². The van der Waals surface area contributed by atoms with Gasteiger partial charge >= 0.3 is 11.8 Å². The van der Waals surface area contributed by atoms with Gasteiger partial charge in [-0.1, -0.05) is 12.1 Å². The molecule has 0 aliphatic carbocycles. The average Bonchev–Trinajstić information content (AvgIpc) is 3.08. The van der Waals surface area contributed by atoms with Gasteiger partial charge in [0.15, 0.2) is 0 Å². The maximum absolute atomic E-state index is 12.5. The number of para-hydroxylation sites is 1. The van der Waals surface area contributed by atoms with Crippen molar-refractivity contribution in [2.45, 2.75) is 12.8 Å². The minimum atomic E-state index is -0.768. The summed E-state index contributed by atoms with van der Waals surface area (Å²) >= 11 is 0. The molecule has 0 spiro atoms. The molecule has 0 aromatic heterocycles. The molecule has 1 aliphatic rings. The maximum atomic E-state index is 12.5. The highest BCUT2D eigenvalue weighted by atomic mass is 16.2. The van der Waals surface area contributed by atoms with E-state index >= 15 is 0 Å². The van der Waals surface area contributed by atoms with Gasteiger partial charge in [-0.2, -0.15) is 0 Å². The molecule has 1 saturated heterocycles. The third-order valence-electron chi connectivity index (χ3n) is 3.85. The second-order valence-corrected chi connectivity index (χ2v) is 6.06. The van der Waals surface area contributed by atoms with Crippen molar-refractivity contribution in [2.24, 2.45) is 0 Å². The summed E-state index contributed by atoms with van der Waals surface area (Å²) in [6.07, 6.45) is 1.99. The van der Waals surface area contributed by atoms with E-state index in [0.717, 1.165) is 25.9 Å². The number of hydrogen-bond donors (Lipinski definition) is 2. The molecule has 2 rings (SSSR count). The number of anilines is 1. The van der Waals surface area contributed by atoms with E-state index in [0.29, 0.717) is 24.3 Å². The van der Waals surface area contributed by atoms with Crippen molar-refractivity contribution in [3.8, 4) is 0 Å². The number of rotatable bonds is 5. The van der Waals surface area contributed by atoms with E-state index in [1.54, 1.807) is 29.2 Å². The fraction of sp³-hybridized carbons (Fsp3) is 0.471. The zero-order valence-corrected chi connectivity index (χ0v) is 14.2. The standard InChI is InChI=1S/C17H24N4O3/c1-20(2)12-9-18-15(22)16(23)19-14-8-4-3-7-13(14)17(24)21-10-5-6-11-21/h3-4,7-8H,5-6,9-12H2,1-2H3,(H,18,22)(H,19,23). The molecule has 7 nitrogen and oxygen atoms in total. The first-order valence-electron chi connectivity index (χ1n) is 8.11. The molecule has 1 fully saturated rings. The van der Waals surface area contributed by atoms with Gasteiger partial charge in [0.1, 0.15) is 0 Å². The Morgan fingerprint density at radius 3 is 2.42 bits per heavy atom. The minimum absolute atomic E-state index is 0.114. The van der Waals surface area contributed by atoms with Crippen LogP contribution in [0.1, 0.15) is 23.2 Å². The first kappa shape index (κ1) is 17.9. The lowest BCUT2D eigenvalue weighted by Gasteiger charge is -2.18. The summed E-state index contributed by atoms with van der Waals surface area (Å²) in [5.74, 6) is -1.59. The summed E-state index contributed by atoms with van der Waals surface area (Å²) in [7, 11) is 3.76. The molecule has 1 aromatic rings. The van der Waals surface area contributed by atoms with Gasteiger partial charge in [-0.15, -0.1) is 0 Å². The molecule has 24 heavy (non-hydrogen) atoms. The van der Waals surface area contributed by atoms with Gasteiger partial charge in [0.25, 0.3) is 5.91 Å². The Hall–Kier alpha value is -2.41. The van der Waals surface area contributed by atoms with Crippen molar-refractivity contribution in [3.63, 3.8) is 0 Å². The molecule has 2 N–H and O–H groups in total. The van der Waals surface area contributed by atoms with E-state index in [4.69, 9.17) is 0 Å². The number of carbonyl (C=O) groups is 3. The first-order chi connectivity index (χ1) is 11.5. The van der Waals surface area contributed by atoms with Crippen molar-refractivity contribution in [3.05, 3.63) is 29.8 Å². The van der Waals surface area contributed by atoms with Gasteiger partial charge in [0.2, 0.25) is 0 Å². The van der Waals surface area contributed by atoms with Crippen LogP contribution in [-0.2, 0) is 9.59 Å². The molecule has 3 amide bonds. The minimum Gasteiger partial charge on any atom is -0.347 e. The monoisotopic (exact) mass is 332 g/mol. The van der Waals surface area contributed by atoms with E-state index in [-0.39, 0.29) is 5.91 Å². The van der Waals surface area contributed by atoms with Crippen LogP contribution in [0, 0.1) is 0 Å². The zero-order chi connectivity index (χ0) is 17.5. The second-order valence-electron chi connectivity index (χ2n) is 6.06. The van der Waals surface area contributed by atoms with Crippen molar-refractivity contribution >= 4 is 23.4 Å². The number of likely N-dealkylation sites (N-methyl/N-ethyl adjacent to an activating group) is 1. The summed E-state index contributed by atoms with van der Waals surface area (Å²) < 4.78 is 0. The summed E-state index contributed by atoms with van der Waals surface area (Å²) in [5, 5.41) is 5.09. The average molecular weight is 332 g/mol. The summed E-state index contributed by atoms with van der Waals surface area (Å²) in [4.78, 5) is 40.1. The fourth-order valence-corrected chi connectivity index (χ4v) is 2.52. The molecule has 0 bridgehead atoms. The molecule has 1 heterocycles. The molecule has 0 saturated carbocycles. The van der Waals surface area contributed by atoms with Crippen molar-refractivity contribution in [1.82, 2.24) is 15.1 Å². The number of likely N-dealkylation sites (tertiary alicyclic amines) is 1. The Kier molecular flexibility index (Phi) is 6.31. The number of hydrogen-bond acceptors (Lipinski definition) is 4. The second kappa shape index (κ2) is 8.44. The van der Waals surface area contributed by atoms with Gasteiger partial charge in [0.05, 0.1) is 11.3 Å². The van der Waals surface area contributed by atoms with Crippen molar-refractivity contribution in [2.75, 3.05) is 45.6 Å². The Morgan fingerprint density at radius 1 is 1.08 bits per heavy atom. The Bertz CT molecular complexity index is 610. The SMILES string of the molecule is CN(C)CCNC(=O)C(=O)Nc1ccccc1C(=O)N1CCCC1. The largest absolute Gasteiger partial charge is 0.347 e. The quantitative estimate of drug-likeness (QED) is 0.771. The number of nitrogens with one attached hydrogen (secondary N) is 2. The molecule has 0 atom stereocenters. The van der Waals surface area contributed by atoms with E-state index in [1.165, 1.54) is 0 Å². The fourth-order valence-electron chi connectivity index (χ4n) is 2.52. The third-order valence-corrected chi connectivity index (χ3v) is 3.85. The lowest BCUT2D eigenvalue weighted by molar-refractivity contribution is -0.136. The lowest BCUT2D eigenvalue weighted by Crippen LogP contribution is -2.39. The Labute approximate surface area is 142 Å². The van der Waals surface area contributed by atoms with Crippen molar-refractivity contribution in [1.29, 1.82) is 0 Å². The van der Waals surface area contributed by atoms with Crippen LogP contribution in [0.5, 0.6) is 0 Å².